The molecule has 6 heteroatoms. The van der Waals surface area contributed by atoms with Crippen LogP contribution in [0.3, 0.4) is 0 Å². The van der Waals surface area contributed by atoms with Crippen LogP contribution in [-0.4, -0.2) is 24.5 Å². The average molecular weight is 418 g/mol. The lowest BCUT2D eigenvalue weighted by atomic mass is 10.1. The number of benzene rings is 3. The molecule has 5 nitrogen and oxygen atoms in total. The predicted molar refractivity (Wildman–Crippen MR) is 124 cm³/mol. The Kier molecular flexibility index (Phi) is 5.68. The number of carbonyl (C=O) groups is 1. The van der Waals surface area contributed by atoms with E-state index in [4.69, 9.17) is 9.72 Å². The third kappa shape index (κ3) is 4.44. The van der Waals surface area contributed by atoms with E-state index in [-0.39, 0.29) is 12.5 Å². The van der Waals surface area contributed by atoms with Gasteiger partial charge in [-0.2, -0.15) is 0 Å². The minimum absolute atomic E-state index is 0.0954. The van der Waals surface area contributed by atoms with Gasteiger partial charge in [-0.1, -0.05) is 41.7 Å². The quantitative estimate of drug-likeness (QED) is 0.432. The lowest BCUT2D eigenvalue weighted by Crippen LogP contribution is -2.29. The lowest BCUT2D eigenvalue weighted by molar-refractivity contribution is -0.114. The number of nitrogens with one attached hydrogen (secondary N) is 1. The van der Waals surface area contributed by atoms with Gasteiger partial charge in [0.2, 0.25) is 5.91 Å². The van der Waals surface area contributed by atoms with Crippen molar-refractivity contribution in [1.82, 2.24) is 4.98 Å². The number of rotatable bonds is 6. The summed E-state index contributed by atoms with van der Waals surface area (Å²) in [7, 11) is 1.89. The molecule has 0 aliphatic heterocycles. The Morgan fingerprint density at radius 3 is 2.33 bits per heavy atom. The highest BCUT2D eigenvalue weighted by Crippen LogP contribution is 2.32. The van der Waals surface area contributed by atoms with Gasteiger partial charge in [0.05, 0.1) is 16.8 Å². The van der Waals surface area contributed by atoms with Crippen LogP contribution in [0.25, 0.3) is 10.2 Å². The van der Waals surface area contributed by atoms with Crippen molar-refractivity contribution >= 4 is 38.3 Å². The van der Waals surface area contributed by atoms with Gasteiger partial charge in [-0.05, 0) is 61.4 Å². The minimum atomic E-state index is -0.0954. The summed E-state index contributed by atoms with van der Waals surface area (Å²) in [6.07, 6.45) is 0. The molecule has 1 N–H and O–H groups in total. The molecule has 4 aromatic rings. The number of hydrogen-bond donors (Lipinski definition) is 1. The molecule has 0 spiro atoms. The fourth-order valence-electron chi connectivity index (χ4n) is 3.13. The first kappa shape index (κ1) is 19.9. The van der Waals surface area contributed by atoms with E-state index in [2.05, 4.69) is 31.3 Å². The van der Waals surface area contributed by atoms with Crippen LogP contribution in [0.1, 0.15) is 11.1 Å². The van der Waals surface area contributed by atoms with E-state index in [1.165, 1.54) is 10.3 Å². The molecule has 1 heterocycles. The van der Waals surface area contributed by atoms with E-state index in [0.717, 1.165) is 33.4 Å². The van der Waals surface area contributed by atoms with Gasteiger partial charge in [-0.25, -0.2) is 4.98 Å². The molecule has 30 heavy (non-hydrogen) atoms. The van der Waals surface area contributed by atoms with Gasteiger partial charge in [0.15, 0.2) is 5.13 Å². The topological polar surface area (TPSA) is 54.5 Å². The lowest BCUT2D eigenvalue weighted by Gasteiger charge is -2.15. The van der Waals surface area contributed by atoms with Crippen molar-refractivity contribution < 1.29 is 9.53 Å². The van der Waals surface area contributed by atoms with Gasteiger partial charge in [-0.15, -0.1) is 0 Å². The largest absolute Gasteiger partial charge is 0.457 e. The Labute approximate surface area is 179 Å². The number of fused-ring (bicyclic) bond motifs is 1. The van der Waals surface area contributed by atoms with E-state index in [1.54, 1.807) is 11.3 Å². The third-order valence-corrected chi connectivity index (χ3v) is 6.06. The fourth-order valence-corrected chi connectivity index (χ4v) is 4.20. The standard InChI is InChI=1S/C24H23N3O2S/c1-16-9-10-17(2)23-22(16)26-24(30-23)27(3)15-21(28)25-18-11-13-20(14-12-18)29-19-7-5-4-6-8-19/h4-14H,15H2,1-3H3,(H,25,28). The number of ether oxygens (including phenoxy) is 1. The summed E-state index contributed by atoms with van der Waals surface area (Å²) < 4.78 is 6.95. The Balaban J connectivity index is 1.38. The van der Waals surface area contributed by atoms with Crippen LogP contribution >= 0.6 is 11.3 Å². The Morgan fingerprint density at radius 2 is 1.63 bits per heavy atom. The zero-order valence-corrected chi connectivity index (χ0v) is 18.0. The number of hydrogen-bond acceptors (Lipinski definition) is 5. The van der Waals surface area contributed by atoms with Crippen molar-refractivity contribution in [2.24, 2.45) is 0 Å². The maximum absolute atomic E-state index is 12.5. The van der Waals surface area contributed by atoms with Crippen LogP contribution in [0.2, 0.25) is 0 Å². The van der Waals surface area contributed by atoms with Gasteiger partial charge in [0, 0.05) is 12.7 Å². The summed E-state index contributed by atoms with van der Waals surface area (Å²) in [5, 5.41) is 3.77. The van der Waals surface area contributed by atoms with Crippen LogP contribution < -0.4 is 15.0 Å². The van der Waals surface area contributed by atoms with Crippen LogP contribution in [0.15, 0.2) is 66.7 Å². The summed E-state index contributed by atoms with van der Waals surface area (Å²) >= 11 is 1.62. The first-order chi connectivity index (χ1) is 14.5. The second kappa shape index (κ2) is 8.55. The van der Waals surface area contributed by atoms with Gasteiger partial charge in [0.1, 0.15) is 11.5 Å². The normalized spacial score (nSPS) is 10.8. The van der Waals surface area contributed by atoms with Crippen molar-refractivity contribution in [3.63, 3.8) is 0 Å². The number of nitrogens with zero attached hydrogens (tertiary/aromatic N) is 2. The maximum atomic E-state index is 12.5. The highest BCUT2D eigenvalue weighted by molar-refractivity contribution is 7.22. The maximum Gasteiger partial charge on any atom is 0.243 e. The summed E-state index contributed by atoms with van der Waals surface area (Å²) in [5.41, 5.74) is 4.09. The number of para-hydroxylation sites is 1. The van der Waals surface area contributed by atoms with Crippen molar-refractivity contribution in [2.45, 2.75) is 13.8 Å². The van der Waals surface area contributed by atoms with Crippen molar-refractivity contribution in [2.75, 3.05) is 23.8 Å². The first-order valence-corrected chi connectivity index (χ1v) is 10.5. The summed E-state index contributed by atoms with van der Waals surface area (Å²) in [4.78, 5) is 19.1. The second-order valence-corrected chi connectivity index (χ2v) is 8.19. The molecule has 3 aromatic carbocycles. The zero-order valence-electron chi connectivity index (χ0n) is 17.2. The van der Waals surface area contributed by atoms with E-state index in [1.807, 2.05) is 66.5 Å². The first-order valence-electron chi connectivity index (χ1n) is 9.70. The van der Waals surface area contributed by atoms with Crippen LogP contribution in [0.5, 0.6) is 11.5 Å². The third-order valence-electron chi connectivity index (χ3n) is 4.76. The zero-order chi connectivity index (χ0) is 21.1. The molecule has 0 unspecified atom stereocenters. The number of aryl methyl sites for hydroxylation is 2. The smallest absolute Gasteiger partial charge is 0.243 e. The average Bonchev–Trinajstić information content (AvgIpc) is 3.20. The van der Waals surface area contributed by atoms with E-state index in [9.17, 15) is 4.79 Å². The second-order valence-electron chi connectivity index (χ2n) is 7.22. The van der Waals surface area contributed by atoms with Gasteiger partial charge >= 0.3 is 0 Å². The van der Waals surface area contributed by atoms with E-state index >= 15 is 0 Å². The monoisotopic (exact) mass is 417 g/mol. The Bertz CT molecular complexity index is 1130. The number of anilines is 2. The molecule has 0 saturated carbocycles. The molecular weight excluding hydrogens is 394 g/mol. The van der Waals surface area contributed by atoms with Gasteiger partial charge < -0.3 is 15.0 Å². The predicted octanol–water partition coefficient (Wildman–Crippen LogP) is 5.78. The molecule has 1 aromatic heterocycles. The number of aromatic nitrogens is 1. The molecule has 0 aliphatic carbocycles. The highest BCUT2D eigenvalue weighted by Gasteiger charge is 2.14. The molecule has 152 valence electrons. The molecule has 0 bridgehead atoms. The molecule has 4 rings (SSSR count). The molecule has 1 amide bonds. The van der Waals surface area contributed by atoms with Crippen LogP contribution in [0.4, 0.5) is 10.8 Å². The van der Waals surface area contributed by atoms with Gasteiger partial charge in [-0.3, -0.25) is 4.79 Å². The summed E-state index contributed by atoms with van der Waals surface area (Å²) in [5.74, 6) is 1.40. The summed E-state index contributed by atoms with van der Waals surface area (Å²) in [6.45, 7) is 4.37. The van der Waals surface area contributed by atoms with Crippen LogP contribution in [-0.2, 0) is 4.79 Å². The Morgan fingerprint density at radius 1 is 0.967 bits per heavy atom. The molecule has 0 saturated heterocycles. The van der Waals surface area contributed by atoms with Crippen LogP contribution in [0, 0.1) is 13.8 Å². The number of thiazole rings is 1. The van der Waals surface area contributed by atoms with E-state index < -0.39 is 0 Å². The number of carbonyl (C=O) groups excluding carboxylic acids is 1. The minimum Gasteiger partial charge on any atom is -0.457 e. The molecule has 0 fully saturated rings. The number of likely N-dealkylation sites (N-methyl/N-ethyl adjacent to an activating group) is 1. The highest BCUT2D eigenvalue weighted by atomic mass is 32.1. The van der Waals surface area contributed by atoms with E-state index in [0.29, 0.717) is 0 Å². The van der Waals surface area contributed by atoms with Gasteiger partial charge in [0.25, 0.3) is 0 Å². The number of amides is 1. The van der Waals surface area contributed by atoms with Crippen molar-refractivity contribution in [3.05, 3.63) is 77.9 Å². The summed E-state index contributed by atoms with van der Waals surface area (Å²) in [6, 6.07) is 21.1. The van der Waals surface area contributed by atoms with Crippen molar-refractivity contribution in [3.8, 4) is 11.5 Å². The molecule has 0 atom stereocenters. The molecule has 0 aliphatic rings. The fraction of sp³-hybridized carbons (Fsp3) is 0.167. The Hall–Kier alpha value is -3.38. The molecular formula is C24H23N3O2S. The molecule has 0 radical (unpaired) electrons. The van der Waals surface area contributed by atoms with Crippen molar-refractivity contribution in [1.29, 1.82) is 0 Å². The SMILES string of the molecule is Cc1ccc(C)c2sc(N(C)CC(=O)Nc3ccc(Oc4ccccc4)cc3)nc12.